The van der Waals surface area contributed by atoms with Gasteiger partial charge in [-0.2, -0.15) is 0 Å². The summed E-state index contributed by atoms with van der Waals surface area (Å²) in [6, 6.07) is 0. The summed E-state index contributed by atoms with van der Waals surface area (Å²) >= 11 is 0. The Morgan fingerprint density at radius 1 is 1.12 bits per heavy atom. The van der Waals surface area contributed by atoms with E-state index in [1.807, 2.05) is 0 Å². The van der Waals surface area contributed by atoms with Gasteiger partial charge in [0.15, 0.2) is 0 Å². The lowest BCUT2D eigenvalue weighted by atomic mass is 9.99. The Morgan fingerprint density at radius 2 is 1.88 bits per heavy atom. The number of unbranched alkanes of at least 4 members (excludes halogenated alkanes) is 1. The van der Waals surface area contributed by atoms with Crippen LogP contribution in [0.5, 0.6) is 0 Å². The fraction of sp³-hybridized carbons (Fsp3) is 1.00. The average molecular weight is 226 g/mol. The van der Waals surface area contributed by atoms with Gasteiger partial charge in [0, 0.05) is 13.1 Å². The Kier molecular flexibility index (Phi) is 7.87. The molecule has 0 aromatic rings. The first-order valence-corrected chi connectivity index (χ1v) is 7.28. The summed E-state index contributed by atoms with van der Waals surface area (Å²) in [5.74, 6) is 1.90. The second-order valence-corrected chi connectivity index (χ2v) is 5.27. The average Bonchev–Trinajstić information content (AvgIpc) is 3.11. The van der Waals surface area contributed by atoms with E-state index >= 15 is 0 Å². The van der Waals surface area contributed by atoms with E-state index in [2.05, 4.69) is 24.5 Å². The van der Waals surface area contributed by atoms with Gasteiger partial charge in [-0.05, 0) is 44.2 Å². The molecule has 1 rings (SSSR count). The van der Waals surface area contributed by atoms with Crippen molar-refractivity contribution >= 4 is 0 Å². The second-order valence-electron chi connectivity index (χ2n) is 5.27. The van der Waals surface area contributed by atoms with Gasteiger partial charge in [0.25, 0.3) is 0 Å². The molecule has 0 radical (unpaired) electrons. The summed E-state index contributed by atoms with van der Waals surface area (Å²) in [5, 5.41) is 7.10. The van der Waals surface area contributed by atoms with Crippen molar-refractivity contribution < 1.29 is 0 Å². The van der Waals surface area contributed by atoms with Crippen LogP contribution in [-0.4, -0.2) is 26.2 Å². The molecule has 16 heavy (non-hydrogen) atoms. The Morgan fingerprint density at radius 3 is 2.50 bits per heavy atom. The summed E-state index contributed by atoms with van der Waals surface area (Å²) in [4.78, 5) is 0. The van der Waals surface area contributed by atoms with Gasteiger partial charge in [-0.3, -0.25) is 0 Å². The predicted octanol–water partition coefficient (Wildman–Crippen LogP) is 2.79. The Labute approximate surface area is 102 Å². The molecule has 0 aromatic carbocycles. The zero-order valence-corrected chi connectivity index (χ0v) is 11.2. The highest BCUT2D eigenvalue weighted by Gasteiger charge is 2.19. The highest BCUT2D eigenvalue weighted by molar-refractivity contribution is 4.75. The van der Waals surface area contributed by atoms with Crippen LogP contribution in [0.25, 0.3) is 0 Å². The summed E-state index contributed by atoms with van der Waals surface area (Å²) < 4.78 is 0. The van der Waals surface area contributed by atoms with Gasteiger partial charge in [0.1, 0.15) is 0 Å². The third-order valence-electron chi connectivity index (χ3n) is 3.58. The highest BCUT2D eigenvalue weighted by Crippen LogP contribution is 2.27. The molecule has 0 heterocycles. The maximum Gasteiger partial charge on any atom is 0.00768 e. The molecule has 0 aromatic heterocycles. The molecule has 0 bridgehead atoms. The molecule has 0 amide bonds. The summed E-state index contributed by atoms with van der Waals surface area (Å²) in [5.41, 5.74) is 0. The van der Waals surface area contributed by atoms with Gasteiger partial charge in [0.2, 0.25) is 0 Å². The topological polar surface area (TPSA) is 24.1 Å². The molecule has 1 aliphatic carbocycles. The Bertz CT molecular complexity index is 155. The monoisotopic (exact) mass is 226 g/mol. The molecule has 1 atom stereocenters. The van der Waals surface area contributed by atoms with Crippen molar-refractivity contribution in [2.24, 2.45) is 11.8 Å². The molecule has 1 saturated carbocycles. The van der Waals surface area contributed by atoms with Crippen LogP contribution in [0.4, 0.5) is 0 Å². The molecular weight excluding hydrogens is 196 g/mol. The number of rotatable bonds is 11. The van der Waals surface area contributed by atoms with Gasteiger partial charge in [-0.25, -0.2) is 0 Å². The quantitative estimate of drug-likeness (QED) is 0.529. The standard InChI is InChI=1S/C14H30N2/c1-3-5-6-13(4-2)11-15-9-10-16-12-14-7-8-14/h13-16H,3-12H2,1-2H3. The highest BCUT2D eigenvalue weighted by atomic mass is 14.9. The summed E-state index contributed by atoms with van der Waals surface area (Å²) in [6.45, 7) is 9.32. The Hall–Kier alpha value is -0.0800. The molecule has 1 fully saturated rings. The summed E-state index contributed by atoms with van der Waals surface area (Å²) in [6.07, 6.45) is 8.35. The van der Waals surface area contributed by atoms with Crippen LogP contribution in [0.2, 0.25) is 0 Å². The lowest BCUT2D eigenvalue weighted by Gasteiger charge is -2.15. The van der Waals surface area contributed by atoms with Gasteiger partial charge in [-0.15, -0.1) is 0 Å². The van der Waals surface area contributed by atoms with Crippen molar-refractivity contribution in [1.29, 1.82) is 0 Å². The van der Waals surface area contributed by atoms with E-state index in [-0.39, 0.29) is 0 Å². The molecule has 1 unspecified atom stereocenters. The maximum absolute atomic E-state index is 3.58. The van der Waals surface area contributed by atoms with Crippen molar-refractivity contribution in [1.82, 2.24) is 10.6 Å². The molecule has 2 N–H and O–H groups in total. The van der Waals surface area contributed by atoms with Crippen LogP contribution < -0.4 is 10.6 Å². The van der Waals surface area contributed by atoms with Crippen molar-refractivity contribution in [2.75, 3.05) is 26.2 Å². The molecule has 1 aliphatic rings. The smallest absolute Gasteiger partial charge is 0.00768 e. The van der Waals surface area contributed by atoms with Crippen LogP contribution in [0, 0.1) is 11.8 Å². The largest absolute Gasteiger partial charge is 0.315 e. The molecule has 0 aliphatic heterocycles. The van der Waals surface area contributed by atoms with Gasteiger partial charge in [-0.1, -0.05) is 33.1 Å². The van der Waals surface area contributed by atoms with Crippen LogP contribution in [0.3, 0.4) is 0 Å². The van der Waals surface area contributed by atoms with Crippen molar-refractivity contribution in [3.63, 3.8) is 0 Å². The first-order chi connectivity index (χ1) is 7.86. The Balaban J connectivity index is 1.83. The van der Waals surface area contributed by atoms with Crippen molar-refractivity contribution in [3.05, 3.63) is 0 Å². The molecule has 2 heteroatoms. The van der Waals surface area contributed by atoms with Crippen LogP contribution in [-0.2, 0) is 0 Å². The molecule has 96 valence electrons. The lowest BCUT2D eigenvalue weighted by Crippen LogP contribution is -2.31. The fourth-order valence-electron chi connectivity index (χ4n) is 2.05. The minimum absolute atomic E-state index is 0.892. The normalized spacial score (nSPS) is 17.6. The van der Waals surface area contributed by atoms with E-state index in [9.17, 15) is 0 Å². The predicted molar refractivity (Wildman–Crippen MR) is 71.8 cm³/mol. The third-order valence-corrected chi connectivity index (χ3v) is 3.58. The van der Waals surface area contributed by atoms with E-state index in [4.69, 9.17) is 0 Å². The van der Waals surface area contributed by atoms with Gasteiger partial charge in [0.05, 0.1) is 0 Å². The molecular formula is C14H30N2. The summed E-state index contributed by atoms with van der Waals surface area (Å²) in [7, 11) is 0. The lowest BCUT2D eigenvalue weighted by molar-refractivity contribution is 0.418. The molecule has 0 spiro atoms. The van der Waals surface area contributed by atoms with Gasteiger partial charge < -0.3 is 10.6 Å². The van der Waals surface area contributed by atoms with E-state index < -0.39 is 0 Å². The first kappa shape index (κ1) is 14.0. The zero-order valence-electron chi connectivity index (χ0n) is 11.2. The third kappa shape index (κ3) is 7.24. The minimum atomic E-state index is 0.892. The second kappa shape index (κ2) is 9.00. The van der Waals surface area contributed by atoms with E-state index in [0.717, 1.165) is 24.9 Å². The SMILES string of the molecule is CCCCC(CC)CNCCNCC1CC1. The molecule has 0 saturated heterocycles. The fourth-order valence-corrected chi connectivity index (χ4v) is 2.05. The number of hydrogen-bond donors (Lipinski definition) is 2. The zero-order chi connectivity index (χ0) is 11.6. The number of nitrogens with one attached hydrogen (secondary N) is 2. The van der Waals surface area contributed by atoms with Crippen molar-refractivity contribution in [3.8, 4) is 0 Å². The van der Waals surface area contributed by atoms with Crippen LogP contribution in [0.1, 0.15) is 52.4 Å². The first-order valence-electron chi connectivity index (χ1n) is 7.28. The van der Waals surface area contributed by atoms with E-state index in [1.165, 1.54) is 51.6 Å². The minimum Gasteiger partial charge on any atom is -0.315 e. The van der Waals surface area contributed by atoms with Crippen LogP contribution >= 0.6 is 0 Å². The van der Waals surface area contributed by atoms with E-state index in [0.29, 0.717) is 0 Å². The van der Waals surface area contributed by atoms with Crippen molar-refractivity contribution in [2.45, 2.75) is 52.4 Å². The molecule has 2 nitrogen and oxygen atoms in total. The number of hydrogen-bond acceptors (Lipinski definition) is 2. The maximum atomic E-state index is 3.58. The van der Waals surface area contributed by atoms with E-state index in [1.54, 1.807) is 0 Å². The van der Waals surface area contributed by atoms with Gasteiger partial charge >= 0.3 is 0 Å². The van der Waals surface area contributed by atoms with Crippen LogP contribution in [0.15, 0.2) is 0 Å².